The number of benzene rings is 1. The van der Waals surface area contributed by atoms with Crippen molar-refractivity contribution >= 4 is 12.2 Å². The van der Waals surface area contributed by atoms with Crippen LogP contribution in [0.1, 0.15) is 12.5 Å². The van der Waals surface area contributed by atoms with Crippen LogP contribution >= 0.6 is 0 Å². The van der Waals surface area contributed by atoms with E-state index in [9.17, 15) is 4.79 Å². The second-order valence-electron chi connectivity index (χ2n) is 3.54. The number of allylic oxidation sites excluding steroid dienone is 1. The average Bonchev–Trinajstić information content (AvgIpc) is 3.13. The van der Waals surface area contributed by atoms with Gasteiger partial charge in [0.15, 0.2) is 0 Å². The summed E-state index contributed by atoms with van der Waals surface area (Å²) in [5.41, 5.74) is 1.05. The van der Waals surface area contributed by atoms with Crippen LogP contribution in [0.15, 0.2) is 30.3 Å². The molecule has 2 rings (SSSR count). The minimum absolute atomic E-state index is 0. The summed E-state index contributed by atoms with van der Waals surface area (Å²) in [5, 5.41) is 0. The molecule has 5 heteroatoms. The summed E-state index contributed by atoms with van der Waals surface area (Å²) in [6, 6.07) is 7.16. The Morgan fingerprint density at radius 1 is 1.44 bits per heavy atom. The standard InChI is InChI=1S/C13H13O4.W/c1-2-3-10-4-6-11(7-5-10)17-13(14)16-9-12-8-15-12;/h2-8,12H,9H2,1H3;/q-1;. The fourth-order valence-electron chi connectivity index (χ4n) is 1.25. The number of ether oxygens (including phenoxy) is 3. The maximum absolute atomic E-state index is 11.2. The van der Waals surface area contributed by atoms with Crippen molar-refractivity contribution in [2.45, 2.75) is 13.0 Å². The molecule has 0 bridgehead atoms. The van der Waals surface area contributed by atoms with Crippen LogP contribution in [0.3, 0.4) is 0 Å². The van der Waals surface area contributed by atoms with Crippen molar-refractivity contribution in [1.29, 1.82) is 0 Å². The van der Waals surface area contributed by atoms with Crippen molar-refractivity contribution in [2.75, 3.05) is 6.61 Å². The third-order valence-electron chi connectivity index (χ3n) is 2.13. The van der Waals surface area contributed by atoms with Crippen LogP contribution in [0.4, 0.5) is 4.79 Å². The molecule has 0 N–H and O–H groups in total. The topological polar surface area (TPSA) is 48.1 Å². The summed E-state index contributed by atoms with van der Waals surface area (Å²) in [4.78, 5) is 11.2. The Morgan fingerprint density at radius 2 is 2.11 bits per heavy atom. The molecule has 0 saturated carbocycles. The van der Waals surface area contributed by atoms with Gasteiger partial charge in [-0.05, 0) is 30.7 Å². The summed E-state index contributed by atoms with van der Waals surface area (Å²) in [7, 11) is 0. The molecule has 0 aromatic heterocycles. The largest absolute Gasteiger partial charge is 0.567 e. The molecule has 1 aromatic rings. The molecule has 0 spiro atoms. The molecule has 1 aromatic carbocycles. The van der Waals surface area contributed by atoms with Crippen molar-refractivity contribution in [3.8, 4) is 5.75 Å². The Labute approximate surface area is 120 Å². The van der Waals surface area contributed by atoms with E-state index in [-0.39, 0.29) is 33.8 Å². The quantitative estimate of drug-likeness (QED) is 0.327. The predicted octanol–water partition coefficient (Wildman–Crippen LogP) is 2.79. The molecule has 1 fully saturated rings. The zero-order valence-corrected chi connectivity index (χ0v) is 12.8. The van der Waals surface area contributed by atoms with Gasteiger partial charge in [-0.1, -0.05) is 24.3 Å². The van der Waals surface area contributed by atoms with E-state index >= 15 is 0 Å². The first-order valence-electron chi connectivity index (χ1n) is 5.34. The molecule has 1 saturated heterocycles. The molecule has 0 amide bonds. The van der Waals surface area contributed by atoms with E-state index in [0.717, 1.165) is 5.56 Å². The molecular weight excluding hydrogens is 404 g/mol. The van der Waals surface area contributed by atoms with Crippen molar-refractivity contribution in [3.63, 3.8) is 0 Å². The number of hydrogen-bond donors (Lipinski definition) is 0. The van der Waals surface area contributed by atoms with E-state index in [0.29, 0.717) is 5.75 Å². The first-order chi connectivity index (χ1) is 8.28. The van der Waals surface area contributed by atoms with Gasteiger partial charge in [0.05, 0.1) is 6.61 Å². The van der Waals surface area contributed by atoms with Gasteiger partial charge < -0.3 is 14.2 Å². The Kier molecular flexibility index (Phi) is 6.09. The van der Waals surface area contributed by atoms with Crippen LogP contribution in [-0.4, -0.2) is 18.9 Å². The van der Waals surface area contributed by atoms with Gasteiger partial charge in [-0.25, -0.2) is 4.79 Å². The Hall–Kier alpha value is -1.12. The number of hydrogen-bond acceptors (Lipinski definition) is 4. The van der Waals surface area contributed by atoms with Crippen molar-refractivity contribution in [2.24, 2.45) is 0 Å². The normalized spacial score (nSPS) is 17.1. The van der Waals surface area contributed by atoms with Gasteiger partial charge in [0.1, 0.15) is 5.75 Å². The van der Waals surface area contributed by atoms with Gasteiger partial charge in [0, 0.05) is 21.1 Å². The maximum Gasteiger partial charge on any atom is 0.513 e. The fourth-order valence-corrected chi connectivity index (χ4v) is 1.25. The van der Waals surface area contributed by atoms with Crippen LogP contribution in [0, 0.1) is 6.61 Å². The summed E-state index contributed by atoms with van der Waals surface area (Å²) < 4.78 is 14.6. The van der Waals surface area contributed by atoms with Gasteiger partial charge >= 0.3 is 6.16 Å². The van der Waals surface area contributed by atoms with Crippen LogP contribution in [0.2, 0.25) is 0 Å². The molecule has 96 valence electrons. The third kappa shape index (κ3) is 5.03. The molecule has 4 nitrogen and oxygen atoms in total. The first-order valence-corrected chi connectivity index (χ1v) is 5.34. The monoisotopic (exact) mass is 417 g/mol. The van der Waals surface area contributed by atoms with Gasteiger partial charge in [-0.3, -0.25) is 0 Å². The Morgan fingerprint density at radius 3 is 2.67 bits per heavy atom. The Balaban J connectivity index is 0.00000162. The maximum atomic E-state index is 11.2. The van der Waals surface area contributed by atoms with E-state index in [4.69, 9.17) is 14.2 Å². The molecule has 1 unspecified atom stereocenters. The zero-order valence-electron chi connectivity index (χ0n) is 9.87. The second-order valence-corrected chi connectivity index (χ2v) is 3.54. The van der Waals surface area contributed by atoms with Gasteiger partial charge in [0.2, 0.25) is 0 Å². The molecule has 1 aliphatic heterocycles. The minimum atomic E-state index is -0.715. The molecule has 1 atom stereocenters. The van der Waals surface area contributed by atoms with E-state index in [1.54, 1.807) is 18.7 Å². The van der Waals surface area contributed by atoms with Gasteiger partial charge in [-0.2, -0.15) is 6.61 Å². The fraction of sp³-hybridized carbons (Fsp3) is 0.231. The van der Waals surface area contributed by atoms with Gasteiger partial charge in [-0.15, -0.1) is 0 Å². The first kappa shape index (κ1) is 14.9. The minimum Gasteiger partial charge on any atom is -0.567 e. The molecule has 1 heterocycles. The number of carbonyl (C=O) groups is 1. The molecule has 0 radical (unpaired) electrons. The average molecular weight is 417 g/mol. The van der Waals surface area contributed by atoms with Crippen LogP contribution in [0.25, 0.3) is 6.08 Å². The third-order valence-corrected chi connectivity index (χ3v) is 2.13. The molecule has 0 aliphatic carbocycles. The Bertz CT molecular complexity index is 410. The summed E-state index contributed by atoms with van der Waals surface area (Å²) >= 11 is 0. The van der Waals surface area contributed by atoms with E-state index in [1.807, 2.05) is 31.2 Å². The molecule has 18 heavy (non-hydrogen) atoms. The van der Waals surface area contributed by atoms with E-state index < -0.39 is 6.16 Å². The smallest absolute Gasteiger partial charge is 0.513 e. The number of carbonyl (C=O) groups excluding carboxylic acids is 1. The van der Waals surface area contributed by atoms with Crippen LogP contribution in [0.5, 0.6) is 5.75 Å². The molecular formula is C13H13O4W-. The molecule has 1 aliphatic rings. The summed E-state index contributed by atoms with van der Waals surface area (Å²) in [6.45, 7) is 3.74. The summed E-state index contributed by atoms with van der Waals surface area (Å²) in [5.74, 6) is 0.462. The summed E-state index contributed by atoms with van der Waals surface area (Å²) in [6.07, 6.45) is 3.12. The second kappa shape index (κ2) is 7.34. The zero-order chi connectivity index (χ0) is 12.1. The number of rotatable bonds is 4. The van der Waals surface area contributed by atoms with Crippen LogP contribution < -0.4 is 4.74 Å². The van der Waals surface area contributed by atoms with Crippen molar-refractivity contribution < 1.29 is 40.1 Å². The SMILES string of the molecule is CC=Cc1ccc(OC(=O)OCC2[CH-]O2)cc1.[W]. The van der Waals surface area contributed by atoms with E-state index in [1.165, 1.54) is 0 Å². The van der Waals surface area contributed by atoms with Gasteiger partial charge in [0.25, 0.3) is 0 Å². The van der Waals surface area contributed by atoms with E-state index in [2.05, 4.69) is 0 Å². The van der Waals surface area contributed by atoms with Crippen molar-refractivity contribution in [3.05, 3.63) is 42.5 Å². The van der Waals surface area contributed by atoms with Crippen LogP contribution in [-0.2, 0) is 30.5 Å². The van der Waals surface area contributed by atoms with Crippen molar-refractivity contribution in [1.82, 2.24) is 0 Å². The number of epoxide rings is 1. The predicted molar refractivity (Wildman–Crippen MR) is 62.3 cm³/mol.